The van der Waals surface area contributed by atoms with Crippen molar-refractivity contribution in [3.8, 4) is 22.9 Å². The van der Waals surface area contributed by atoms with Crippen LogP contribution in [0.1, 0.15) is 50.4 Å². The van der Waals surface area contributed by atoms with Crippen molar-refractivity contribution in [2.24, 2.45) is 0 Å². The van der Waals surface area contributed by atoms with Crippen LogP contribution in [0.4, 0.5) is 14.6 Å². The highest BCUT2D eigenvalue weighted by Gasteiger charge is 2.37. The molecule has 0 radical (unpaired) electrons. The molecule has 3 aromatic heterocycles. The van der Waals surface area contributed by atoms with Gasteiger partial charge < -0.3 is 19.2 Å². The second-order valence-electron chi connectivity index (χ2n) is 12.5. The summed E-state index contributed by atoms with van der Waals surface area (Å²) in [5.41, 5.74) is 4.19. The molecule has 236 valence electrons. The molecule has 11 heteroatoms. The van der Waals surface area contributed by atoms with Crippen molar-refractivity contribution >= 4 is 19.8 Å². The molecule has 0 saturated heterocycles. The van der Waals surface area contributed by atoms with Gasteiger partial charge in [-0.2, -0.15) is 0 Å². The van der Waals surface area contributed by atoms with Crippen LogP contribution in [0.5, 0.6) is 11.5 Å². The van der Waals surface area contributed by atoms with Crippen LogP contribution in [0.25, 0.3) is 17.0 Å². The monoisotopic (exact) mass is 631 g/mol. The summed E-state index contributed by atoms with van der Waals surface area (Å²) in [7, 11) is -0.338. The molecule has 0 spiro atoms. The predicted octanol–water partition coefficient (Wildman–Crippen LogP) is 8.35. The first kappa shape index (κ1) is 32.1. The number of aromatic nitrogens is 4. The number of hydrogen-bond acceptors (Lipinski definition) is 7. The Kier molecular flexibility index (Phi) is 9.22. The smallest absolute Gasteiger partial charge is 0.192 e. The second kappa shape index (κ2) is 12.9. The van der Waals surface area contributed by atoms with Gasteiger partial charge >= 0.3 is 0 Å². The van der Waals surface area contributed by atoms with Crippen LogP contribution in [0.2, 0.25) is 18.1 Å². The third kappa shape index (κ3) is 7.31. The van der Waals surface area contributed by atoms with Gasteiger partial charge in [-0.1, -0.05) is 32.9 Å². The number of halogens is 2. The molecule has 0 aliphatic rings. The van der Waals surface area contributed by atoms with Crippen molar-refractivity contribution in [1.29, 1.82) is 0 Å². The predicted molar refractivity (Wildman–Crippen MR) is 174 cm³/mol. The molecule has 0 fully saturated rings. The Hall–Kier alpha value is -4.35. The summed E-state index contributed by atoms with van der Waals surface area (Å²) in [5.74, 6) is -0.322. The van der Waals surface area contributed by atoms with E-state index in [1.54, 1.807) is 49.1 Å². The number of methoxy groups -OCH3 is 1. The van der Waals surface area contributed by atoms with Gasteiger partial charge in [-0.25, -0.2) is 18.3 Å². The summed E-state index contributed by atoms with van der Waals surface area (Å²) in [6.07, 6.45) is 3.48. The quantitative estimate of drug-likeness (QED) is 0.147. The maximum Gasteiger partial charge on any atom is 0.192 e. The van der Waals surface area contributed by atoms with Gasteiger partial charge in [-0.15, -0.1) is 5.10 Å². The highest BCUT2D eigenvalue weighted by atomic mass is 28.4. The Labute approximate surface area is 263 Å². The van der Waals surface area contributed by atoms with Crippen molar-refractivity contribution in [1.82, 2.24) is 19.6 Å². The van der Waals surface area contributed by atoms with E-state index >= 15 is 0 Å². The van der Waals surface area contributed by atoms with E-state index in [1.165, 1.54) is 6.07 Å². The van der Waals surface area contributed by atoms with E-state index in [0.717, 1.165) is 17.2 Å². The van der Waals surface area contributed by atoms with Crippen LogP contribution in [-0.2, 0) is 17.6 Å². The zero-order valence-corrected chi connectivity index (χ0v) is 27.7. The molecule has 0 aliphatic carbocycles. The molecule has 0 saturated carbocycles. The number of fused-ring (bicyclic) bond motifs is 1. The van der Waals surface area contributed by atoms with Crippen molar-refractivity contribution < 1.29 is 22.7 Å². The molecule has 0 bridgehead atoms. The van der Waals surface area contributed by atoms with E-state index in [-0.39, 0.29) is 17.4 Å². The van der Waals surface area contributed by atoms with Crippen LogP contribution in [0.3, 0.4) is 0 Å². The molecule has 3 heterocycles. The summed E-state index contributed by atoms with van der Waals surface area (Å²) in [6.45, 7) is 13.5. The maximum absolute atomic E-state index is 15.0. The molecule has 1 unspecified atom stereocenters. The van der Waals surface area contributed by atoms with E-state index in [4.69, 9.17) is 19.0 Å². The van der Waals surface area contributed by atoms with E-state index < -0.39 is 26.0 Å². The van der Waals surface area contributed by atoms with Crippen molar-refractivity contribution in [3.63, 3.8) is 0 Å². The fraction of sp³-hybridized carbons (Fsp3) is 0.324. The molecule has 0 amide bonds. The molecule has 2 aromatic carbocycles. The van der Waals surface area contributed by atoms with Gasteiger partial charge in [-0.3, -0.25) is 4.98 Å². The minimum absolute atomic E-state index is 0.0300. The Morgan fingerprint density at radius 2 is 1.69 bits per heavy atom. The third-order valence-corrected chi connectivity index (χ3v) is 12.7. The third-order valence-electron chi connectivity index (χ3n) is 8.27. The zero-order chi connectivity index (χ0) is 32.4. The number of pyridine rings is 1. The van der Waals surface area contributed by atoms with Gasteiger partial charge in [0.05, 0.1) is 31.6 Å². The van der Waals surface area contributed by atoms with Gasteiger partial charge in [0.1, 0.15) is 29.7 Å². The molecule has 5 rings (SSSR count). The molecule has 8 nitrogen and oxygen atoms in total. The molecule has 45 heavy (non-hydrogen) atoms. The van der Waals surface area contributed by atoms with Crippen molar-refractivity contribution in [3.05, 3.63) is 101 Å². The Morgan fingerprint density at radius 1 is 0.933 bits per heavy atom. The maximum atomic E-state index is 15.0. The van der Waals surface area contributed by atoms with Crippen molar-refractivity contribution in [2.45, 2.75) is 65.1 Å². The van der Waals surface area contributed by atoms with Gasteiger partial charge in [-0.05, 0) is 78.6 Å². The minimum atomic E-state index is -1.92. The van der Waals surface area contributed by atoms with Crippen LogP contribution >= 0.6 is 0 Å². The first-order valence-electron chi connectivity index (χ1n) is 14.8. The molecule has 5 aromatic rings. The molecule has 1 atom stereocenters. The van der Waals surface area contributed by atoms with E-state index in [0.29, 0.717) is 40.8 Å². The van der Waals surface area contributed by atoms with Gasteiger partial charge in [0.2, 0.25) is 0 Å². The fourth-order valence-corrected chi connectivity index (χ4v) is 5.50. The number of hydrogen-bond donors (Lipinski definition) is 1. The normalized spacial score (nSPS) is 12.7. The summed E-state index contributed by atoms with van der Waals surface area (Å²) in [6, 6.07) is 16.3. The number of rotatable bonds is 11. The van der Waals surface area contributed by atoms with E-state index in [2.05, 4.69) is 49.1 Å². The average Bonchev–Trinajstić information content (AvgIpc) is 3.42. The van der Waals surface area contributed by atoms with Gasteiger partial charge in [0, 0.05) is 17.8 Å². The second-order valence-corrected chi connectivity index (χ2v) is 17.3. The van der Waals surface area contributed by atoms with Crippen LogP contribution in [0, 0.1) is 11.6 Å². The lowest BCUT2D eigenvalue weighted by atomic mass is 10.1. The molecule has 0 aliphatic heterocycles. The summed E-state index contributed by atoms with van der Waals surface area (Å²) in [4.78, 5) is 9.08. The highest BCUT2D eigenvalue weighted by molar-refractivity contribution is 6.74. The first-order valence-corrected chi connectivity index (χ1v) is 17.7. The summed E-state index contributed by atoms with van der Waals surface area (Å²) < 4.78 is 48.6. The largest absolute Gasteiger partial charge is 0.497 e. The fourth-order valence-electron chi connectivity index (χ4n) is 4.54. The molecule has 1 N–H and O–H groups in total. The number of nitrogens with one attached hydrogen (secondary N) is 1. The van der Waals surface area contributed by atoms with Gasteiger partial charge in [0.15, 0.2) is 25.5 Å². The number of anilines is 1. The first-order chi connectivity index (χ1) is 21.3. The molecular formula is C34H39F2N5O3Si. The standard InChI is InChI=1S/C34H39F2N5O3Si/c1-22(27-17-25(35)18-28(36)33(27)43-20-23-8-10-26(42-5)11-9-23)39-31-12-13-32-38-19-30(41(32)40-31)29-16-24(14-15-37-29)21-44-45(6,7)34(2,3)4/h8-19,22H,20-21H2,1-7H3,(H,39,40). The van der Waals surface area contributed by atoms with E-state index in [1.807, 2.05) is 30.3 Å². The summed E-state index contributed by atoms with van der Waals surface area (Å²) in [5, 5.41) is 8.12. The van der Waals surface area contributed by atoms with Gasteiger partial charge in [0.25, 0.3) is 0 Å². The van der Waals surface area contributed by atoms with Crippen LogP contribution < -0.4 is 14.8 Å². The summed E-state index contributed by atoms with van der Waals surface area (Å²) >= 11 is 0. The SMILES string of the molecule is COc1ccc(COc2c(F)cc(F)cc2C(C)Nc2ccc3ncc(-c4cc(CO[Si](C)(C)C(C)(C)C)ccn4)n3n2)cc1. The Balaban J connectivity index is 1.36. The lowest BCUT2D eigenvalue weighted by molar-refractivity contribution is 0.276. The average molecular weight is 632 g/mol. The minimum Gasteiger partial charge on any atom is -0.497 e. The topological polar surface area (TPSA) is 82.8 Å². The van der Waals surface area contributed by atoms with Crippen LogP contribution in [0.15, 0.2) is 73.1 Å². The van der Waals surface area contributed by atoms with Crippen LogP contribution in [-0.4, -0.2) is 35.0 Å². The zero-order valence-electron chi connectivity index (χ0n) is 26.7. The lowest BCUT2D eigenvalue weighted by Gasteiger charge is -2.36. The number of benzene rings is 2. The Bertz CT molecular complexity index is 1790. The highest BCUT2D eigenvalue weighted by Crippen LogP contribution is 2.37. The van der Waals surface area contributed by atoms with Crippen molar-refractivity contribution in [2.75, 3.05) is 12.4 Å². The Morgan fingerprint density at radius 3 is 2.40 bits per heavy atom. The lowest BCUT2D eigenvalue weighted by Crippen LogP contribution is -2.40. The molecular weight excluding hydrogens is 592 g/mol. The number of nitrogens with zero attached hydrogens (tertiary/aromatic N) is 4. The van der Waals surface area contributed by atoms with E-state index in [9.17, 15) is 8.78 Å². The number of imidazole rings is 1. The number of ether oxygens (including phenoxy) is 2.